The van der Waals surface area contributed by atoms with Gasteiger partial charge in [-0.2, -0.15) is 5.26 Å². The molecule has 0 aliphatic heterocycles. The number of thiophene rings is 1. The number of hydrogen-bond acceptors (Lipinski definition) is 3. The lowest BCUT2D eigenvalue weighted by molar-refractivity contribution is 0.801. The Morgan fingerprint density at radius 1 is 1.53 bits per heavy atom. The van der Waals surface area contributed by atoms with Crippen LogP contribution >= 0.6 is 11.3 Å². The van der Waals surface area contributed by atoms with Crippen molar-refractivity contribution in [3.05, 3.63) is 40.1 Å². The standard InChI is InChI=1S/C11H11N3S/c1-14-8-13-10(7-12)11(14)5-4-9-3-2-6-15-9/h2-3,6,8H,4-5H2,1H3. The van der Waals surface area contributed by atoms with Crippen LogP contribution in [-0.4, -0.2) is 9.55 Å². The van der Waals surface area contributed by atoms with Crippen molar-refractivity contribution >= 4 is 11.3 Å². The van der Waals surface area contributed by atoms with E-state index in [-0.39, 0.29) is 0 Å². The van der Waals surface area contributed by atoms with E-state index in [0.717, 1.165) is 18.5 Å². The third-order valence-corrected chi connectivity index (χ3v) is 3.29. The summed E-state index contributed by atoms with van der Waals surface area (Å²) in [6, 6.07) is 6.29. The average molecular weight is 217 g/mol. The van der Waals surface area contributed by atoms with E-state index in [2.05, 4.69) is 28.6 Å². The fourth-order valence-corrected chi connectivity index (χ4v) is 2.25. The molecule has 0 fully saturated rings. The molecule has 15 heavy (non-hydrogen) atoms. The van der Waals surface area contributed by atoms with Gasteiger partial charge in [0.25, 0.3) is 0 Å². The van der Waals surface area contributed by atoms with E-state index in [9.17, 15) is 0 Å². The first-order chi connectivity index (χ1) is 7.31. The molecule has 0 saturated heterocycles. The van der Waals surface area contributed by atoms with Gasteiger partial charge in [0.2, 0.25) is 0 Å². The first-order valence-corrected chi connectivity index (χ1v) is 5.62. The molecule has 0 N–H and O–H groups in total. The number of imidazole rings is 1. The van der Waals surface area contributed by atoms with Crippen LogP contribution in [0.3, 0.4) is 0 Å². The minimum absolute atomic E-state index is 0.550. The molecule has 76 valence electrons. The summed E-state index contributed by atoms with van der Waals surface area (Å²) in [5, 5.41) is 10.9. The highest BCUT2D eigenvalue weighted by Crippen LogP contribution is 2.14. The van der Waals surface area contributed by atoms with Gasteiger partial charge in [-0.15, -0.1) is 11.3 Å². The van der Waals surface area contributed by atoms with Crippen LogP contribution in [0.5, 0.6) is 0 Å². The topological polar surface area (TPSA) is 41.6 Å². The summed E-state index contributed by atoms with van der Waals surface area (Å²) in [4.78, 5) is 5.39. The van der Waals surface area contributed by atoms with Gasteiger partial charge in [-0.25, -0.2) is 4.98 Å². The second-order valence-corrected chi connectivity index (χ2v) is 4.37. The Morgan fingerprint density at radius 3 is 3.07 bits per heavy atom. The zero-order valence-corrected chi connectivity index (χ0v) is 9.29. The maximum atomic E-state index is 8.87. The lowest BCUT2D eigenvalue weighted by atomic mass is 10.2. The molecule has 2 aromatic rings. The molecule has 2 heterocycles. The molecule has 0 aromatic carbocycles. The molecule has 0 unspecified atom stereocenters. The van der Waals surface area contributed by atoms with Crippen LogP contribution in [0.25, 0.3) is 0 Å². The van der Waals surface area contributed by atoms with Crippen molar-refractivity contribution in [2.45, 2.75) is 12.8 Å². The molecule has 2 rings (SSSR count). The van der Waals surface area contributed by atoms with Crippen LogP contribution in [0.4, 0.5) is 0 Å². The minimum atomic E-state index is 0.550. The lowest BCUT2D eigenvalue weighted by Crippen LogP contribution is -1.99. The Bertz CT molecular complexity index is 476. The third-order valence-electron chi connectivity index (χ3n) is 2.35. The first-order valence-electron chi connectivity index (χ1n) is 4.74. The molecule has 0 radical (unpaired) electrons. The van der Waals surface area contributed by atoms with Crippen LogP contribution < -0.4 is 0 Å². The molecule has 0 bridgehead atoms. The summed E-state index contributed by atoms with van der Waals surface area (Å²) in [6.07, 6.45) is 3.55. The van der Waals surface area contributed by atoms with E-state index in [4.69, 9.17) is 5.26 Å². The lowest BCUT2D eigenvalue weighted by Gasteiger charge is -2.01. The van der Waals surface area contributed by atoms with Crippen molar-refractivity contribution in [3.8, 4) is 6.07 Å². The molecular formula is C11H11N3S. The summed E-state index contributed by atoms with van der Waals surface area (Å²) in [7, 11) is 1.93. The summed E-state index contributed by atoms with van der Waals surface area (Å²) >= 11 is 1.75. The van der Waals surface area contributed by atoms with Gasteiger partial charge in [-0.3, -0.25) is 0 Å². The second kappa shape index (κ2) is 4.28. The predicted molar refractivity (Wildman–Crippen MR) is 59.7 cm³/mol. The quantitative estimate of drug-likeness (QED) is 0.790. The highest BCUT2D eigenvalue weighted by molar-refractivity contribution is 7.09. The molecular weight excluding hydrogens is 206 g/mol. The van der Waals surface area contributed by atoms with Crippen LogP contribution in [0, 0.1) is 11.3 Å². The van der Waals surface area contributed by atoms with Crippen molar-refractivity contribution in [1.82, 2.24) is 9.55 Å². The number of hydrogen-bond donors (Lipinski definition) is 0. The summed E-state index contributed by atoms with van der Waals surface area (Å²) < 4.78 is 1.92. The zero-order valence-electron chi connectivity index (χ0n) is 8.47. The average Bonchev–Trinajstić information content (AvgIpc) is 2.84. The first kappa shape index (κ1) is 9.94. The van der Waals surface area contributed by atoms with E-state index < -0.39 is 0 Å². The van der Waals surface area contributed by atoms with E-state index in [1.165, 1.54) is 4.88 Å². The summed E-state index contributed by atoms with van der Waals surface area (Å²) in [6.45, 7) is 0. The molecule has 4 heteroatoms. The smallest absolute Gasteiger partial charge is 0.161 e. The molecule has 0 spiro atoms. The Kier molecular flexibility index (Phi) is 2.84. The highest BCUT2D eigenvalue weighted by atomic mass is 32.1. The zero-order chi connectivity index (χ0) is 10.7. The molecule has 0 aliphatic rings. The predicted octanol–water partition coefficient (Wildman–Crippen LogP) is 2.14. The fourth-order valence-electron chi connectivity index (χ4n) is 1.54. The molecule has 0 amide bonds. The normalized spacial score (nSPS) is 10.1. The van der Waals surface area contributed by atoms with Crippen LogP contribution in [0.15, 0.2) is 23.8 Å². The Labute approximate surface area is 92.6 Å². The number of rotatable bonds is 3. The molecule has 0 aliphatic carbocycles. The van der Waals surface area contributed by atoms with Gasteiger partial charge in [0.15, 0.2) is 5.69 Å². The van der Waals surface area contributed by atoms with E-state index in [1.54, 1.807) is 17.7 Å². The van der Waals surface area contributed by atoms with Gasteiger partial charge in [-0.05, 0) is 24.3 Å². The largest absolute Gasteiger partial charge is 0.336 e. The Balaban J connectivity index is 2.11. The molecule has 2 aromatic heterocycles. The van der Waals surface area contributed by atoms with Gasteiger partial charge in [0.05, 0.1) is 12.0 Å². The van der Waals surface area contributed by atoms with Gasteiger partial charge in [0, 0.05) is 11.9 Å². The van der Waals surface area contributed by atoms with E-state index in [1.807, 2.05) is 11.6 Å². The Hall–Kier alpha value is -1.60. The molecule has 3 nitrogen and oxygen atoms in total. The molecule has 0 saturated carbocycles. The maximum absolute atomic E-state index is 8.87. The van der Waals surface area contributed by atoms with Gasteiger partial charge in [-0.1, -0.05) is 6.07 Å². The van der Waals surface area contributed by atoms with Gasteiger partial charge < -0.3 is 4.57 Å². The van der Waals surface area contributed by atoms with E-state index >= 15 is 0 Å². The Morgan fingerprint density at radius 2 is 2.40 bits per heavy atom. The van der Waals surface area contributed by atoms with Crippen molar-refractivity contribution in [2.24, 2.45) is 7.05 Å². The van der Waals surface area contributed by atoms with Gasteiger partial charge >= 0.3 is 0 Å². The molecule has 0 atom stereocenters. The number of nitriles is 1. The van der Waals surface area contributed by atoms with Crippen LogP contribution in [0.2, 0.25) is 0 Å². The van der Waals surface area contributed by atoms with Crippen LogP contribution in [-0.2, 0) is 19.9 Å². The monoisotopic (exact) mass is 217 g/mol. The van der Waals surface area contributed by atoms with Crippen molar-refractivity contribution in [2.75, 3.05) is 0 Å². The third kappa shape index (κ3) is 2.08. The second-order valence-electron chi connectivity index (χ2n) is 3.34. The van der Waals surface area contributed by atoms with Crippen molar-refractivity contribution < 1.29 is 0 Å². The van der Waals surface area contributed by atoms with E-state index in [0.29, 0.717) is 5.69 Å². The highest BCUT2D eigenvalue weighted by Gasteiger charge is 2.08. The number of nitrogens with zero attached hydrogens (tertiary/aromatic N) is 3. The van der Waals surface area contributed by atoms with Gasteiger partial charge in [0.1, 0.15) is 6.07 Å². The fraction of sp³-hybridized carbons (Fsp3) is 0.273. The summed E-state index contributed by atoms with van der Waals surface area (Å²) in [5.74, 6) is 0. The van der Waals surface area contributed by atoms with Crippen molar-refractivity contribution in [3.63, 3.8) is 0 Å². The maximum Gasteiger partial charge on any atom is 0.161 e. The van der Waals surface area contributed by atoms with Crippen LogP contribution in [0.1, 0.15) is 16.3 Å². The SMILES string of the molecule is Cn1cnc(C#N)c1CCc1cccs1. The minimum Gasteiger partial charge on any atom is -0.336 e. The number of aryl methyl sites for hydroxylation is 2. The van der Waals surface area contributed by atoms with Crippen molar-refractivity contribution in [1.29, 1.82) is 5.26 Å². The summed E-state index contributed by atoms with van der Waals surface area (Å²) in [5.41, 5.74) is 1.57. The number of aromatic nitrogens is 2.